The van der Waals surface area contributed by atoms with Gasteiger partial charge >= 0.3 is 0 Å². The molecule has 1 atom stereocenters. The summed E-state index contributed by atoms with van der Waals surface area (Å²) in [5.74, 6) is -0.639. The molecule has 0 spiro atoms. The fourth-order valence-corrected chi connectivity index (χ4v) is 3.08. The zero-order valence-corrected chi connectivity index (χ0v) is 14.0. The Labute approximate surface area is 143 Å². The highest BCUT2D eigenvalue weighted by molar-refractivity contribution is 5.99. The summed E-state index contributed by atoms with van der Waals surface area (Å²) in [5.41, 5.74) is 0.790. The van der Waals surface area contributed by atoms with Crippen molar-refractivity contribution < 1.29 is 14.4 Å². The zero-order valence-electron chi connectivity index (χ0n) is 14.0. The normalized spacial score (nSPS) is 17.4. The fraction of sp³-hybridized carbons (Fsp3) is 0.353. The number of carbonyl (C=O) groups excluding carboxylic acids is 3. The van der Waals surface area contributed by atoms with Gasteiger partial charge in [-0.25, -0.2) is 4.98 Å². The molecule has 1 fully saturated rings. The highest BCUT2D eigenvalue weighted by atomic mass is 16.2. The Hall–Kier alpha value is -3.03. The second kappa shape index (κ2) is 6.46. The molecule has 0 unspecified atom stereocenters. The first-order chi connectivity index (χ1) is 11.9. The minimum atomic E-state index is -0.768. The molecule has 0 radical (unpaired) electrons. The number of benzene rings is 1. The smallest absolute Gasteiger partial charge is 0.262 e. The van der Waals surface area contributed by atoms with Gasteiger partial charge in [-0.3, -0.25) is 29.1 Å². The van der Waals surface area contributed by atoms with Crippen molar-refractivity contribution in [1.82, 2.24) is 20.2 Å². The number of rotatable bonds is 3. The molecule has 2 N–H and O–H groups in total. The molecule has 1 aromatic carbocycles. The molecule has 1 aliphatic rings. The van der Waals surface area contributed by atoms with E-state index in [1.165, 1.54) is 11.5 Å². The molecular weight excluding hydrogens is 324 g/mol. The maximum absolute atomic E-state index is 13.1. The van der Waals surface area contributed by atoms with Gasteiger partial charge in [0.05, 0.1) is 10.9 Å². The van der Waals surface area contributed by atoms with Crippen LogP contribution in [0.5, 0.6) is 0 Å². The summed E-state index contributed by atoms with van der Waals surface area (Å²) in [5, 5.41) is 5.30. The number of carbonyl (C=O) groups is 3. The minimum Gasteiger partial charge on any atom is -0.352 e. The molecule has 2 aromatic rings. The molecule has 130 valence electrons. The predicted octanol–water partition coefficient (Wildman–Crippen LogP) is 0.319. The summed E-state index contributed by atoms with van der Waals surface area (Å²) < 4.78 is 1.33. The summed E-state index contributed by atoms with van der Waals surface area (Å²) in [6.45, 7) is 3.25. The van der Waals surface area contributed by atoms with Gasteiger partial charge in [0.1, 0.15) is 11.9 Å². The lowest BCUT2D eigenvalue weighted by atomic mass is 10.0. The lowest BCUT2D eigenvalue weighted by Gasteiger charge is -2.24. The summed E-state index contributed by atoms with van der Waals surface area (Å²) in [6.07, 6.45) is 0.431. The number of hydrogen-bond acceptors (Lipinski definition) is 5. The van der Waals surface area contributed by atoms with Crippen molar-refractivity contribution in [3.63, 3.8) is 0 Å². The van der Waals surface area contributed by atoms with E-state index in [1.807, 2.05) is 0 Å². The largest absolute Gasteiger partial charge is 0.352 e. The van der Waals surface area contributed by atoms with Crippen molar-refractivity contribution in [2.24, 2.45) is 0 Å². The second-order valence-corrected chi connectivity index (χ2v) is 6.02. The van der Waals surface area contributed by atoms with Gasteiger partial charge in [-0.05, 0) is 25.0 Å². The summed E-state index contributed by atoms with van der Waals surface area (Å²) in [7, 11) is 0. The average molecular weight is 342 g/mol. The molecule has 1 saturated heterocycles. The van der Waals surface area contributed by atoms with E-state index in [9.17, 15) is 19.2 Å². The number of imide groups is 1. The summed E-state index contributed by atoms with van der Waals surface area (Å²) in [4.78, 5) is 52.2. The molecule has 8 heteroatoms. The molecule has 1 aromatic heterocycles. The molecule has 0 bridgehead atoms. The topological polar surface area (TPSA) is 110 Å². The Balaban J connectivity index is 2.15. The van der Waals surface area contributed by atoms with Crippen molar-refractivity contribution in [2.75, 3.05) is 0 Å². The fourth-order valence-electron chi connectivity index (χ4n) is 3.08. The van der Waals surface area contributed by atoms with Crippen molar-refractivity contribution in [3.05, 3.63) is 39.9 Å². The maximum Gasteiger partial charge on any atom is 0.262 e. The van der Waals surface area contributed by atoms with Crippen LogP contribution in [0, 0.1) is 6.92 Å². The van der Waals surface area contributed by atoms with Gasteiger partial charge in [-0.1, -0.05) is 12.1 Å². The molecule has 1 aliphatic heterocycles. The first kappa shape index (κ1) is 16.8. The number of amides is 3. The zero-order chi connectivity index (χ0) is 18.1. The molecule has 8 nitrogen and oxygen atoms in total. The van der Waals surface area contributed by atoms with E-state index in [0.29, 0.717) is 22.3 Å². The van der Waals surface area contributed by atoms with Crippen LogP contribution in [0.3, 0.4) is 0 Å². The van der Waals surface area contributed by atoms with Crippen LogP contribution < -0.4 is 16.2 Å². The van der Waals surface area contributed by atoms with Crippen LogP contribution in [0.2, 0.25) is 0 Å². The molecule has 25 heavy (non-hydrogen) atoms. The number of fused-ring (bicyclic) bond motifs is 1. The molecular formula is C17H18N4O4. The van der Waals surface area contributed by atoms with Gasteiger partial charge in [0.25, 0.3) is 5.56 Å². The van der Waals surface area contributed by atoms with Crippen LogP contribution >= 0.6 is 0 Å². The van der Waals surface area contributed by atoms with Gasteiger partial charge in [-0.15, -0.1) is 0 Å². The maximum atomic E-state index is 13.1. The second-order valence-electron chi connectivity index (χ2n) is 6.02. The van der Waals surface area contributed by atoms with E-state index in [4.69, 9.17) is 0 Å². The third kappa shape index (κ3) is 3.15. The van der Waals surface area contributed by atoms with Gasteiger partial charge in [0.2, 0.25) is 17.7 Å². The molecule has 0 aliphatic carbocycles. The monoisotopic (exact) mass is 342 g/mol. The molecule has 3 rings (SSSR count). The van der Waals surface area contributed by atoms with Gasteiger partial charge < -0.3 is 5.32 Å². The van der Waals surface area contributed by atoms with E-state index in [1.54, 1.807) is 25.1 Å². The number of nitrogens with zero attached hydrogens (tertiary/aromatic N) is 2. The Bertz CT molecular complexity index is 948. The van der Waals surface area contributed by atoms with E-state index >= 15 is 0 Å². The summed E-state index contributed by atoms with van der Waals surface area (Å²) >= 11 is 0. The Morgan fingerprint density at radius 2 is 2.12 bits per heavy atom. The van der Waals surface area contributed by atoms with Crippen LogP contribution in [0.15, 0.2) is 23.0 Å². The first-order valence-corrected chi connectivity index (χ1v) is 7.97. The van der Waals surface area contributed by atoms with E-state index < -0.39 is 11.9 Å². The van der Waals surface area contributed by atoms with E-state index in [0.717, 1.165) is 0 Å². The third-order valence-electron chi connectivity index (χ3n) is 4.24. The van der Waals surface area contributed by atoms with Crippen molar-refractivity contribution in [3.8, 4) is 0 Å². The van der Waals surface area contributed by atoms with Crippen LogP contribution in [-0.4, -0.2) is 27.3 Å². The van der Waals surface area contributed by atoms with E-state index in [-0.39, 0.29) is 36.8 Å². The average Bonchev–Trinajstić information content (AvgIpc) is 2.54. The quantitative estimate of drug-likeness (QED) is 0.781. The standard InChI is InChI=1S/C17H18N4O4/c1-9-19-12-5-3-4-11(8-18-10(2)22)15(12)17(25)21(9)13-6-7-14(23)20-16(13)24/h3-5,13H,6-8H2,1-2H3,(H,18,22)(H,20,23,24)/t13-/m1/s1. The Kier molecular flexibility index (Phi) is 4.35. The molecule has 2 heterocycles. The van der Waals surface area contributed by atoms with Crippen LogP contribution in [-0.2, 0) is 20.9 Å². The third-order valence-corrected chi connectivity index (χ3v) is 4.24. The molecule has 0 saturated carbocycles. The van der Waals surface area contributed by atoms with Gasteiger partial charge in [0.15, 0.2) is 0 Å². The molecule has 3 amide bonds. The number of piperidine rings is 1. The minimum absolute atomic E-state index is 0.174. The highest BCUT2D eigenvalue weighted by Gasteiger charge is 2.30. The van der Waals surface area contributed by atoms with Crippen molar-refractivity contribution in [1.29, 1.82) is 0 Å². The SMILES string of the molecule is CC(=O)NCc1cccc2nc(C)n([C@@H]3CCC(=O)NC3=O)c(=O)c12. The number of hydrogen-bond donors (Lipinski definition) is 2. The first-order valence-electron chi connectivity index (χ1n) is 7.97. The Morgan fingerprint density at radius 1 is 1.36 bits per heavy atom. The lowest BCUT2D eigenvalue weighted by molar-refractivity contribution is -0.135. The lowest BCUT2D eigenvalue weighted by Crippen LogP contribution is -2.45. The van der Waals surface area contributed by atoms with Crippen LogP contribution in [0.1, 0.15) is 37.2 Å². The van der Waals surface area contributed by atoms with Crippen LogP contribution in [0.25, 0.3) is 10.9 Å². The van der Waals surface area contributed by atoms with E-state index in [2.05, 4.69) is 15.6 Å². The number of nitrogens with one attached hydrogen (secondary N) is 2. The highest BCUT2D eigenvalue weighted by Crippen LogP contribution is 2.21. The van der Waals surface area contributed by atoms with Gasteiger partial charge in [0, 0.05) is 19.9 Å². The Morgan fingerprint density at radius 3 is 2.80 bits per heavy atom. The summed E-state index contributed by atoms with van der Waals surface area (Å²) in [6, 6.07) is 4.46. The van der Waals surface area contributed by atoms with Crippen molar-refractivity contribution >= 4 is 28.6 Å². The van der Waals surface area contributed by atoms with Crippen molar-refractivity contribution in [2.45, 2.75) is 39.3 Å². The predicted molar refractivity (Wildman–Crippen MR) is 89.7 cm³/mol. The number of aryl methyl sites for hydroxylation is 1. The number of aromatic nitrogens is 2. The van der Waals surface area contributed by atoms with Crippen LogP contribution in [0.4, 0.5) is 0 Å². The van der Waals surface area contributed by atoms with Gasteiger partial charge in [-0.2, -0.15) is 0 Å².